The number of hydrogen-bond acceptors (Lipinski definition) is 5. The van der Waals surface area contributed by atoms with Gasteiger partial charge in [-0.15, -0.1) is 0 Å². The van der Waals surface area contributed by atoms with Crippen LogP contribution in [0.4, 0.5) is 13.2 Å². The highest BCUT2D eigenvalue weighted by molar-refractivity contribution is 7.80. The number of aliphatic hydroxyl groups excluding tert-OH is 1. The summed E-state index contributed by atoms with van der Waals surface area (Å²) in [7, 11) is 1.18. The minimum absolute atomic E-state index is 0.0456. The van der Waals surface area contributed by atoms with E-state index in [9.17, 15) is 23.2 Å². The van der Waals surface area contributed by atoms with Crippen LogP contribution < -0.4 is 0 Å². The molecule has 0 spiro atoms. The molecule has 1 heterocycles. The second-order valence-corrected chi connectivity index (χ2v) is 10.1. The molecule has 37 heavy (non-hydrogen) atoms. The average molecular weight is 531 g/mol. The first-order valence-corrected chi connectivity index (χ1v) is 12.3. The molecule has 3 aromatic carbocycles. The Morgan fingerprint density at radius 3 is 2.32 bits per heavy atom. The molecule has 0 saturated heterocycles. The molecule has 0 aliphatic rings. The van der Waals surface area contributed by atoms with Gasteiger partial charge in [-0.2, -0.15) is 0 Å². The maximum atomic E-state index is 15.5. The van der Waals surface area contributed by atoms with Crippen molar-refractivity contribution in [2.75, 3.05) is 7.11 Å². The Morgan fingerprint density at radius 2 is 1.70 bits per heavy atom. The highest BCUT2D eigenvalue weighted by Crippen LogP contribution is 2.31. The quantitative estimate of drug-likeness (QED) is 0.337. The lowest BCUT2D eigenvalue weighted by molar-refractivity contribution is 0.0741. The van der Waals surface area contributed by atoms with Crippen LogP contribution in [0.5, 0.6) is 0 Å². The molecule has 0 aliphatic carbocycles. The average Bonchev–Trinajstić information content (AvgIpc) is 3.28. The molecule has 0 bridgehead atoms. The fourth-order valence-electron chi connectivity index (χ4n) is 3.91. The summed E-state index contributed by atoms with van der Waals surface area (Å²) in [5.41, 5.74) is -0.261. The topological polar surface area (TPSA) is 84.6 Å². The van der Waals surface area contributed by atoms with Crippen molar-refractivity contribution in [3.63, 3.8) is 0 Å². The Morgan fingerprint density at radius 1 is 1.00 bits per heavy atom. The molecule has 10 heteroatoms. The number of hydrogen-bond donors (Lipinski definition) is 2. The third-order valence-corrected chi connectivity index (χ3v) is 6.92. The molecule has 194 valence electrons. The smallest absolute Gasteiger partial charge is 0.189 e. The highest BCUT2D eigenvalue weighted by atomic mass is 32.2. The van der Waals surface area contributed by atoms with Gasteiger partial charge in [-0.3, -0.25) is 4.18 Å². The Kier molecular flexibility index (Phi) is 7.65. The number of rotatable bonds is 8. The lowest BCUT2D eigenvalue weighted by Crippen LogP contribution is -2.16. The highest BCUT2D eigenvalue weighted by Gasteiger charge is 2.24. The minimum atomic E-state index is -2.03. The molecule has 0 aliphatic heterocycles. The number of halogens is 3. The van der Waals surface area contributed by atoms with Crippen LogP contribution >= 0.6 is 0 Å². The Hall–Kier alpha value is -3.31. The summed E-state index contributed by atoms with van der Waals surface area (Å²) in [5, 5.41) is 20.0. The summed E-state index contributed by atoms with van der Waals surface area (Å²) in [6.07, 6.45) is 1.54. The predicted octanol–water partition coefficient (Wildman–Crippen LogP) is 4.94. The van der Waals surface area contributed by atoms with E-state index in [2.05, 4.69) is 4.98 Å². The lowest BCUT2D eigenvalue weighted by Gasteiger charge is -2.13. The minimum Gasteiger partial charge on any atom is -0.392 e. The summed E-state index contributed by atoms with van der Waals surface area (Å²) in [5.74, 6) is -1.62. The number of benzene rings is 3. The molecule has 0 saturated carbocycles. The Balaban J connectivity index is 1.80. The van der Waals surface area contributed by atoms with Crippen LogP contribution in [0.25, 0.3) is 16.8 Å². The molecule has 2 N–H and O–H groups in total. The number of imidazole rings is 1. The fourth-order valence-corrected chi connectivity index (χ4v) is 4.68. The lowest BCUT2D eigenvalue weighted by atomic mass is 10.0. The van der Waals surface area contributed by atoms with Crippen LogP contribution in [-0.2, 0) is 33.9 Å². The summed E-state index contributed by atoms with van der Waals surface area (Å²) in [6.45, 7) is 2.40. The molecule has 0 radical (unpaired) electrons. The van der Waals surface area contributed by atoms with E-state index in [0.717, 1.165) is 6.07 Å². The van der Waals surface area contributed by atoms with Gasteiger partial charge in [0, 0.05) is 18.2 Å². The molecule has 6 nitrogen and oxygen atoms in total. The van der Waals surface area contributed by atoms with E-state index in [1.807, 2.05) is 0 Å². The maximum Gasteiger partial charge on any atom is 0.189 e. The third kappa shape index (κ3) is 5.52. The summed E-state index contributed by atoms with van der Waals surface area (Å²) in [4.78, 5) is 4.39. The Bertz CT molecular complexity index is 1480. The van der Waals surface area contributed by atoms with Crippen LogP contribution in [0, 0.1) is 17.5 Å². The van der Waals surface area contributed by atoms with Crippen molar-refractivity contribution in [1.82, 2.24) is 9.55 Å². The van der Waals surface area contributed by atoms with Crippen molar-refractivity contribution >= 4 is 11.1 Å². The van der Waals surface area contributed by atoms with Gasteiger partial charge in [0.25, 0.3) is 0 Å². The molecule has 1 aromatic heterocycles. The van der Waals surface area contributed by atoms with Crippen molar-refractivity contribution in [2.24, 2.45) is 0 Å². The maximum absolute atomic E-state index is 15.5. The van der Waals surface area contributed by atoms with Gasteiger partial charge in [0.2, 0.25) is 0 Å². The van der Waals surface area contributed by atoms with Gasteiger partial charge in [-0.1, -0.05) is 24.3 Å². The molecule has 4 rings (SSSR count). The summed E-state index contributed by atoms with van der Waals surface area (Å²) >= 11 is -2.03. The van der Waals surface area contributed by atoms with Gasteiger partial charge in [0.05, 0.1) is 30.0 Å². The van der Waals surface area contributed by atoms with E-state index in [1.165, 1.54) is 56.0 Å². The monoisotopic (exact) mass is 530 g/mol. The zero-order valence-electron chi connectivity index (χ0n) is 20.3. The second-order valence-electron chi connectivity index (χ2n) is 8.90. The molecule has 1 unspecified atom stereocenters. The van der Waals surface area contributed by atoms with Gasteiger partial charge in [-0.25, -0.2) is 22.4 Å². The van der Waals surface area contributed by atoms with Crippen LogP contribution in [0.2, 0.25) is 0 Å². The van der Waals surface area contributed by atoms with Crippen molar-refractivity contribution in [3.8, 4) is 16.8 Å². The largest absolute Gasteiger partial charge is 0.392 e. The van der Waals surface area contributed by atoms with E-state index in [1.54, 1.807) is 24.3 Å². The molecular weight excluding hydrogens is 505 g/mol. The number of aromatic nitrogens is 2. The van der Waals surface area contributed by atoms with Crippen LogP contribution in [0.1, 0.15) is 36.5 Å². The predicted molar refractivity (Wildman–Crippen MR) is 133 cm³/mol. The molecule has 0 fully saturated rings. The van der Waals surface area contributed by atoms with E-state index in [4.69, 9.17) is 4.18 Å². The van der Waals surface area contributed by atoms with E-state index in [0.29, 0.717) is 11.4 Å². The number of aliphatic hydroxyl groups is 2. The normalized spacial score (nSPS) is 12.6. The van der Waals surface area contributed by atoms with Crippen LogP contribution in [0.15, 0.2) is 65.7 Å². The van der Waals surface area contributed by atoms with E-state index in [-0.39, 0.29) is 39.4 Å². The number of nitrogens with zero attached hydrogens (tertiary/aromatic N) is 2. The first-order chi connectivity index (χ1) is 17.5. The van der Waals surface area contributed by atoms with Gasteiger partial charge in [0.15, 0.2) is 11.1 Å². The van der Waals surface area contributed by atoms with Crippen LogP contribution in [-0.4, -0.2) is 31.1 Å². The molecule has 4 aromatic rings. The van der Waals surface area contributed by atoms with Gasteiger partial charge in [-0.05, 0) is 60.9 Å². The first kappa shape index (κ1) is 26.7. The second kappa shape index (κ2) is 10.6. The van der Waals surface area contributed by atoms with Gasteiger partial charge >= 0.3 is 0 Å². The molecular formula is C27H25F3N2O4S. The zero-order chi connectivity index (χ0) is 26.9. The van der Waals surface area contributed by atoms with Crippen molar-refractivity contribution < 1.29 is 31.8 Å². The zero-order valence-corrected chi connectivity index (χ0v) is 21.2. The molecule has 0 amide bonds. The third-order valence-electron chi connectivity index (χ3n) is 5.90. The standard InChI is InChI=1S/C27H25F3N2O4S/c1-27(2,34)25-14-32(26(31-25)13-17-6-4-5-7-20(17)28)23-9-8-16(10-22(23)30)18-11-21(29)19(15-33)24(12-18)37(35)36-3/h4-12,14,33-34H,13,15H2,1-3H3. The summed E-state index contributed by atoms with van der Waals surface area (Å²) < 4.78 is 62.9. The Labute approximate surface area is 214 Å². The van der Waals surface area contributed by atoms with Crippen molar-refractivity contribution in [2.45, 2.75) is 37.4 Å². The van der Waals surface area contributed by atoms with Crippen molar-refractivity contribution in [3.05, 3.63) is 101 Å². The van der Waals surface area contributed by atoms with E-state index < -0.39 is 40.7 Å². The van der Waals surface area contributed by atoms with Gasteiger partial charge < -0.3 is 14.8 Å². The van der Waals surface area contributed by atoms with Crippen molar-refractivity contribution in [1.29, 1.82) is 0 Å². The summed E-state index contributed by atoms with van der Waals surface area (Å²) in [6, 6.07) is 12.8. The van der Waals surface area contributed by atoms with Gasteiger partial charge in [0.1, 0.15) is 28.9 Å². The molecule has 1 atom stereocenters. The van der Waals surface area contributed by atoms with Crippen LogP contribution in [0.3, 0.4) is 0 Å². The SMILES string of the molecule is COS(=O)c1cc(-c2ccc(-n3cc(C(C)(C)O)nc3Cc3ccccc3F)c(F)c2)cc(F)c1CO. The fraction of sp³-hybridized carbons (Fsp3) is 0.222. The first-order valence-electron chi connectivity index (χ1n) is 11.3. The van der Waals surface area contributed by atoms with E-state index >= 15 is 4.39 Å².